The van der Waals surface area contributed by atoms with E-state index in [4.69, 9.17) is 9.47 Å². The van der Waals surface area contributed by atoms with Gasteiger partial charge in [0.15, 0.2) is 0 Å². The summed E-state index contributed by atoms with van der Waals surface area (Å²) in [5, 5.41) is 3.31. The van der Waals surface area contributed by atoms with Crippen LogP contribution in [-0.2, 0) is 4.74 Å². The van der Waals surface area contributed by atoms with Crippen molar-refractivity contribution in [3.05, 3.63) is 29.6 Å². The Morgan fingerprint density at radius 1 is 1.26 bits per heavy atom. The fraction of sp³-hybridized carbons (Fsp3) is 0.600. The fourth-order valence-corrected chi connectivity index (χ4v) is 2.21. The first-order chi connectivity index (χ1) is 9.17. The van der Waals surface area contributed by atoms with Gasteiger partial charge >= 0.3 is 0 Å². The second-order valence-electron chi connectivity index (χ2n) is 4.32. The Kier molecular flexibility index (Phi) is 6.81. The van der Waals surface area contributed by atoms with Crippen LogP contribution in [0.1, 0.15) is 38.8 Å². The lowest BCUT2D eigenvalue weighted by Crippen LogP contribution is -2.34. The van der Waals surface area contributed by atoms with Crippen LogP contribution in [0.25, 0.3) is 0 Å². The van der Waals surface area contributed by atoms with E-state index >= 15 is 0 Å². The molecule has 0 saturated carbocycles. The summed E-state index contributed by atoms with van der Waals surface area (Å²) in [6.45, 7) is 7.40. The van der Waals surface area contributed by atoms with Gasteiger partial charge in [0.05, 0.1) is 19.3 Å². The molecular formula is C15H24FNO2. The Hall–Kier alpha value is -1.13. The van der Waals surface area contributed by atoms with Crippen LogP contribution in [0.15, 0.2) is 18.2 Å². The van der Waals surface area contributed by atoms with Crippen molar-refractivity contribution in [2.45, 2.75) is 39.3 Å². The molecule has 0 heterocycles. The van der Waals surface area contributed by atoms with Crippen molar-refractivity contribution in [1.29, 1.82) is 0 Å². The van der Waals surface area contributed by atoms with Crippen LogP contribution < -0.4 is 10.1 Å². The van der Waals surface area contributed by atoms with Crippen molar-refractivity contribution < 1.29 is 13.9 Å². The molecule has 4 heteroatoms. The highest BCUT2D eigenvalue weighted by Crippen LogP contribution is 2.26. The van der Waals surface area contributed by atoms with Crippen molar-refractivity contribution in [2.24, 2.45) is 0 Å². The van der Waals surface area contributed by atoms with Crippen LogP contribution in [-0.4, -0.2) is 26.4 Å². The minimum absolute atomic E-state index is 0.0344. The third kappa shape index (κ3) is 4.18. The van der Waals surface area contributed by atoms with E-state index in [1.807, 2.05) is 20.8 Å². The van der Waals surface area contributed by atoms with E-state index in [-0.39, 0.29) is 18.0 Å². The molecule has 2 unspecified atom stereocenters. The second-order valence-corrected chi connectivity index (χ2v) is 4.32. The number of halogens is 1. The zero-order valence-electron chi connectivity index (χ0n) is 12.2. The fourth-order valence-electron chi connectivity index (χ4n) is 2.21. The van der Waals surface area contributed by atoms with E-state index in [2.05, 4.69) is 5.32 Å². The molecule has 0 aliphatic heterocycles. The van der Waals surface area contributed by atoms with Gasteiger partial charge in [0.1, 0.15) is 11.6 Å². The Balaban J connectivity index is 3.03. The SMILES string of the molecule is CCNC(c1ccc(OC)cc1F)C(CC)OCC. The number of benzene rings is 1. The first kappa shape index (κ1) is 15.9. The van der Waals surface area contributed by atoms with Gasteiger partial charge in [-0.1, -0.05) is 19.9 Å². The molecule has 0 fully saturated rings. The normalized spacial score (nSPS) is 14.2. The minimum atomic E-state index is -0.261. The predicted octanol–water partition coefficient (Wildman–Crippen LogP) is 3.30. The molecule has 0 amide bonds. The maximum Gasteiger partial charge on any atom is 0.131 e. The summed E-state index contributed by atoms with van der Waals surface area (Å²) in [5.74, 6) is 0.268. The van der Waals surface area contributed by atoms with Crippen LogP contribution in [0.2, 0.25) is 0 Å². The van der Waals surface area contributed by atoms with Gasteiger partial charge in [0.25, 0.3) is 0 Å². The van der Waals surface area contributed by atoms with E-state index in [9.17, 15) is 4.39 Å². The Bertz CT molecular complexity index is 384. The van der Waals surface area contributed by atoms with Crippen molar-refractivity contribution >= 4 is 0 Å². The summed E-state index contributed by atoms with van der Waals surface area (Å²) in [6, 6.07) is 4.82. The molecule has 1 aromatic carbocycles. The molecule has 3 nitrogen and oxygen atoms in total. The Morgan fingerprint density at radius 3 is 2.47 bits per heavy atom. The third-order valence-corrected chi connectivity index (χ3v) is 3.12. The average molecular weight is 269 g/mol. The number of hydrogen-bond acceptors (Lipinski definition) is 3. The molecular weight excluding hydrogens is 245 g/mol. The molecule has 1 rings (SSSR count). The quantitative estimate of drug-likeness (QED) is 0.785. The Labute approximate surface area is 115 Å². The lowest BCUT2D eigenvalue weighted by atomic mass is 9.98. The summed E-state index contributed by atoms with van der Waals surface area (Å²) < 4.78 is 24.9. The summed E-state index contributed by atoms with van der Waals surface area (Å²) in [7, 11) is 1.53. The maximum atomic E-state index is 14.2. The molecule has 1 aromatic rings. The van der Waals surface area contributed by atoms with E-state index in [0.29, 0.717) is 17.9 Å². The largest absolute Gasteiger partial charge is 0.497 e. The third-order valence-electron chi connectivity index (χ3n) is 3.12. The Morgan fingerprint density at radius 2 is 2.00 bits per heavy atom. The lowest BCUT2D eigenvalue weighted by Gasteiger charge is -2.27. The highest BCUT2D eigenvalue weighted by molar-refractivity contribution is 5.31. The van der Waals surface area contributed by atoms with E-state index in [0.717, 1.165) is 13.0 Å². The minimum Gasteiger partial charge on any atom is -0.497 e. The topological polar surface area (TPSA) is 30.5 Å². The smallest absolute Gasteiger partial charge is 0.131 e. The molecule has 0 saturated heterocycles. The van der Waals surface area contributed by atoms with Crippen molar-refractivity contribution in [1.82, 2.24) is 5.32 Å². The van der Waals surface area contributed by atoms with Crippen LogP contribution in [0.3, 0.4) is 0 Å². The number of likely N-dealkylation sites (N-methyl/N-ethyl adjacent to an activating group) is 1. The van der Waals surface area contributed by atoms with Gasteiger partial charge in [-0.2, -0.15) is 0 Å². The molecule has 2 atom stereocenters. The van der Waals surface area contributed by atoms with Gasteiger partial charge in [-0.25, -0.2) is 4.39 Å². The molecule has 0 spiro atoms. The summed E-state index contributed by atoms with van der Waals surface area (Å²) in [6.07, 6.45) is 0.796. The van der Waals surface area contributed by atoms with Gasteiger partial charge in [0.2, 0.25) is 0 Å². The number of rotatable bonds is 8. The van der Waals surface area contributed by atoms with Crippen LogP contribution in [0, 0.1) is 5.82 Å². The van der Waals surface area contributed by atoms with Crippen molar-refractivity contribution in [3.63, 3.8) is 0 Å². The van der Waals surface area contributed by atoms with Gasteiger partial charge in [-0.05, 0) is 26.0 Å². The average Bonchev–Trinajstić information content (AvgIpc) is 2.43. The number of methoxy groups -OCH3 is 1. The summed E-state index contributed by atoms with van der Waals surface area (Å²) in [4.78, 5) is 0. The van der Waals surface area contributed by atoms with Crippen LogP contribution >= 0.6 is 0 Å². The molecule has 0 aliphatic rings. The lowest BCUT2D eigenvalue weighted by molar-refractivity contribution is 0.0309. The number of ether oxygens (including phenoxy) is 2. The van der Waals surface area contributed by atoms with Gasteiger partial charge < -0.3 is 14.8 Å². The molecule has 0 aliphatic carbocycles. The molecule has 0 radical (unpaired) electrons. The highest BCUT2D eigenvalue weighted by atomic mass is 19.1. The monoisotopic (exact) mass is 269 g/mol. The van der Waals surface area contributed by atoms with Gasteiger partial charge in [0, 0.05) is 18.2 Å². The van der Waals surface area contributed by atoms with Crippen LogP contribution in [0.5, 0.6) is 5.75 Å². The zero-order chi connectivity index (χ0) is 14.3. The maximum absolute atomic E-state index is 14.2. The van der Waals surface area contributed by atoms with Crippen molar-refractivity contribution in [2.75, 3.05) is 20.3 Å². The van der Waals surface area contributed by atoms with Crippen molar-refractivity contribution in [3.8, 4) is 5.75 Å². The molecule has 108 valence electrons. The first-order valence-corrected chi connectivity index (χ1v) is 6.86. The second kappa shape index (κ2) is 8.12. The first-order valence-electron chi connectivity index (χ1n) is 6.86. The standard InChI is InChI=1S/C15H24FNO2/c1-5-14(19-7-3)15(17-6-2)12-9-8-11(18-4)10-13(12)16/h8-10,14-15,17H,5-7H2,1-4H3. The van der Waals surface area contributed by atoms with E-state index in [1.165, 1.54) is 13.2 Å². The van der Waals surface area contributed by atoms with Gasteiger partial charge in [-0.3, -0.25) is 0 Å². The molecule has 0 bridgehead atoms. The van der Waals surface area contributed by atoms with Gasteiger partial charge in [-0.15, -0.1) is 0 Å². The predicted molar refractivity (Wildman–Crippen MR) is 75.1 cm³/mol. The summed E-state index contributed by atoms with van der Waals surface area (Å²) in [5.41, 5.74) is 0.628. The number of hydrogen-bond donors (Lipinski definition) is 1. The number of nitrogens with one attached hydrogen (secondary N) is 1. The van der Waals surface area contributed by atoms with Crippen LogP contribution in [0.4, 0.5) is 4.39 Å². The van der Waals surface area contributed by atoms with E-state index < -0.39 is 0 Å². The molecule has 0 aromatic heterocycles. The zero-order valence-corrected chi connectivity index (χ0v) is 12.2. The van der Waals surface area contributed by atoms with E-state index in [1.54, 1.807) is 12.1 Å². The molecule has 19 heavy (non-hydrogen) atoms. The molecule has 1 N–H and O–H groups in total. The highest BCUT2D eigenvalue weighted by Gasteiger charge is 2.24. The summed E-state index contributed by atoms with van der Waals surface area (Å²) >= 11 is 0.